The van der Waals surface area contributed by atoms with Crippen LogP contribution in [0.5, 0.6) is 0 Å². The summed E-state index contributed by atoms with van der Waals surface area (Å²) in [5.41, 5.74) is 1.04. The molecule has 0 aliphatic heterocycles. The fraction of sp³-hybridized carbons (Fsp3) is 0.267. The van der Waals surface area contributed by atoms with E-state index in [-0.39, 0.29) is 12.1 Å². The molecule has 0 fully saturated rings. The van der Waals surface area contributed by atoms with E-state index in [1.807, 2.05) is 0 Å². The quantitative estimate of drug-likeness (QED) is 0.898. The van der Waals surface area contributed by atoms with Crippen molar-refractivity contribution in [3.05, 3.63) is 58.9 Å². The number of aromatic nitrogens is 2. The number of hydrogen-bond donors (Lipinski definition) is 2. The van der Waals surface area contributed by atoms with Crippen LogP contribution < -0.4 is 5.32 Å². The van der Waals surface area contributed by atoms with E-state index >= 15 is 0 Å². The Kier molecular flexibility index (Phi) is 4.59. The van der Waals surface area contributed by atoms with E-state index in [4.69, 9.17) is 0 Å². The van der Waals surface area contributed by atoms with Gasteiger partial charge in [0.15, 0.2) is 0 Å². The topological polar surface area (TPSA) is 75.1 Å². The second kappa shape index (κ2) is 6.41. The molecule has 2 N–H and O–H groups in total. The highest BCUT2D eigenvalue weighted by Gasteiger charge is 2.15. The molecular formula is C15H16FN3O2. The third-order valence-corrected chi connectivity index (χ3v) is 3.06. The van der Waals surface area contributed by atoms with Gasteiger partial charge in [0.1, 0.15) is 11.6 Å². The van der Waals surface area contributed by atoms with Gasteiger partial charge in [-0.05, 0) is 19.9 Å². The Morgan fingerprint density at radius 3 is 2.76 bits per heavy atom. The van der Waals surface area contributed by atoms with Crippen LogP contribution in [0.2, 0.25) is 0 Å². The minimum absolute atomic E-state index is 0.0902. The van der Waals surface area contributed by atoms with Crippen molar-refractivity contribution < 1.29 is 14.3 Å². The van der Waals surface area contributed by atoms with Gasteiger partial charge >= 0.3 is 0 Å². The number of halogens is 1. The van der Waals surface area contributed by atoms with Gasteiger partial charge in [-0.1, -0.05) is 18.2 Å². The molecule has 0 saturated carbocycles. The zero-order valence-electron chi connectivity index (χ0n) is 11.8. The van der Waals surface area contributed by atoms with E-state index < -0.39 is 17.8 Å². The Bertz CT molecular complexity index is 661. The Morgan fingerprint density at radius 2 is 2.10 bits per heavy atom. The summed E-state index contributed by atoms with van der Waals surface area (Å²) in [7, 11) is 0. The van der Waals surface area contributed by atoms with E-state index in [1.165, 1.54) is 24.4 Å². The molecule has 0 saturated heterocycles. The number of rotatable bonds is 4. The predicted molar refractivity (Wildman–Crippen MR) is 75.2 cm³/mol. The second-order valence-corrected chi connectivity index (χ2v) is 4.66. The van der Waals surface area contributed by atoms with Crippen LogP contribution >= 0.6 is 0 Å². The zero-order valence-corrected chi connectivity index (χ0v) is 11.8. The lowest BCUT2D eigenvalue weighted by Gasteiger charge is -2.13. The number of nitrogens with zero attached hydrogens (tertiary/aromatic N) is 2. The summed E-state index contributed by atoms with van der Waals surface area (Å²) in [4.78, 5) is 20.1. The van der Waals surface area contributed by atoms with Crippen molar-refractivity contribution >= 4 is 5.91 Å². The Balaban J connectivity index is 2.02. The van der Waals surface area contributed by atoms with Gasteiger partial charge in [-0.15, -0.1) is 0 Å². The number of aryl methyl sites for hydroxylation is 2. The van der Waals surface area contributed by atoms with Crippen LogP contribution in [0.3, 0.4) is 0 Å². The fourth-order valence-corrected chi connectivity index (χ4v) is 1.95. The summed E-state index contributed by atoms with van der Waals surface area (Å²) < 4.78 is 13.5. The molecule has 0 aliphatic carbocycles. The second-order valence-electron chi connectivity index (χ2n) is 4.66. The fourth-order valence-electron chi connectivity index (χ4n) is 1.95. The number of hydrogen-bond acceptors (Lipinski definition) is 4. The maximum Gasteiger partial charge on any atom is 0.254 e. The van der Waals surface area contributed by atoms with Gasteiger partial charge in [-0.3, -0.25) is 4.79 Å². The normalized spacial score (nSPS) is 12.0. The Hall–Kier alpha value is -2.34. The Labute approximate surface area is 121 Å². The van der Waals surface area contributed by atoms with Crippen molar-refractivity contribution in [2.45, 2.75) is 20.0 Å². The molecule has 2 rings (SSSR count). The highest BCUT2D eigenvalue weighted by atomic mass is 19.1. The van der Waals surface area contributed by atoms with Crippen molar-refractivity contribution in [2.24, 2.45) is 0 Å². The number of carbonyl (C=O) groups excluding carboxylic acids is 1. The molecule has 2 aromatic rings. The van der Waals surface area contributed by atoms with Crippen LogP contribution in [0.15, 0.2) is 30.5 Å². The first kappa shape index (κ1) is 15.1. The van der Waals surface area contributed by atoms with Crippen molar-refractivity contribution in [1.29, 1.82) is 0 Å². The van der Waals surface area contributed by atoms with Crippen LogP contribution in [0, 0.1) is 19.7 Å². The summed E-state index contributed by atoms with van der Waals surface area (Å²) in [6, 6.07) is 5.91. The molecule has 0 bridgehead atoms. The van der Waals surface area contributed by atoms with E-state index in [0.29, 0.717) is 17.1 Å². The number of carbonyl (C=O) groups is 1. The smallest absolute Gasteiger partial charge is 0.254 e. The van der Waals surface area contributed by atoms with Gasteiger partial charge in [-0.2, -0.15) is 0 Å². The molecule has 0 radical (unpaired) electrons. The highest BCUT2D eigenvalue weighted by Crippen LogP contribution is 2.15. The van der Waals surface area contributed by atoms with Crippen molar-refractivity contribution in [1.82, 2.24) is 15.3 Å². The maximum absolute atomic E-state index is 13.5. The summed E-state index contributed by atoms with van der Waals surface area (Å²) in [6.45, 7) is 3.35. The summed E-state index contributed by atoms with van der Waals surface area (Å²) in [6.07, 6.45) is 0.324. The molecule has 1 amide bonds. The lowest BCUT2D eigenvalue weighted by atomic mass is 10.1. The van der Waals surface area contributed by atoms with E-state index in [9.17, 15) is 14.3 Å². The molecular weight excluding hydrogens is 273 g/mol. The van der Waals surface area contributed by atoms with Gasteiger partial charge in [0.2, 0.25) is 0 Å². The minimum atomic E-state index is -1.11. The van der Waals surface area contributed by atoms with Crippen LogP contribution in [0.4, 0.5) is 4.39 Å². The predicted octanol–water partition coefficient (Wildman–Crippen LogP) is 1.70. The first-order valence-corrected chi connectivity index (χ1v) is 6.50. The van der Waals surface area contributed by atoms with Crippen molar-refractivity contribution in [3.8, 4) is 0 Å². The molecule has 110 valence electrons. The number of aliphatic hydroxyl groups is 1. The largest absolute Gasteiger partial charge is 0.386 e. The molecule has 1 aromatic heterocycles. The van der Waals surface area contributed by atoms with Crippen LogP contribution in [0.25, 0.3) is 0 Å². The van der Waals surface area contributed by atoms with Crippen LogP contribution in [-0.4, -0.2) is 27.5 Å². The SMILES string of the molecule is Cc1ncc(C(=O)NCC(O)c2ccccc2F)c(C)n1. The van der Waals surface area contributed by atoms with E-state index in [2.05, 4.69) is 15.3 Å². The average molecular weight is 289 g/mol. The lowest BCUT2D eigenvalue weighted by molar-refractivity contribution is 0.0912. The van der Waals surface area contributed by atoms with Crippen LogP contribution in [-0.2, 0) is 0 Å². The van der Waals surface area contributed by atoms with Crippen molar-refractivity contribution in [3.63, 3.8) is 0 Å². The molecule has 1 unspecified atom stereocenters. The summed E-state index contributed by atoms with van der Waals surface area (Å²) >= 11 is 0. The summed E-state index contributed by atoms with van der Waals surface area (Å²) in [5, 5.41) is 12.5. The van der Waals surface area contributed by atoms with Crippen LogP contribution in [0.1, 0.15) is 33.5 Å². The Morgan fingerprint density at radius 1 is 1.38 bits per heavy atom. The first-order valence-electron chi connectivity index (χ1n) is 6.50. The highest BCUT2D eigenvalue weighted by molar-refractivity contribution is 5.94. The van der Waals surface area contributed by atoms with Gasteiger partial charge in [0, 0.05) is 18.3 Å². The van der Waals surface area contributed by atoms with E-state index in [1.54, 1.807) is 19.9 Å². The first-order chi connectivity index (χ1) is 9.99. The molecule has 1 aromatic carbocycles. The number of amides is 1. The van der Waals surface area contributed by atoms with Gasteiger partial charge in [0.25, 0.3) is 5.91 Å². The number of aliphatic hydroxyl groups excluding tert-OH is 1. The number of benzene rings is 1. The molecule has 1 heterocycles. The zero-order chi connectivity index (χ0) is 15.4. The maximum atomic E-state index is 13.5. The van der Waals surface area contributed by atoms with E-state index in [0.717, 1.165) is 0 Å². The standard InChI is InChI=1S/C15H16FN3O2/c1-9-12(7-17-10(2)19-9)15(21)18-8-14(20)11-5-3-4-6-13(11)16/h3-7,14,20H,8H2,1-2H3,(H,18,21). The van der Waals surface area contributed by atoms with Gasteiger partial charge in [-0.25, -0.2) is 14.4 Å². The van der Waals surface area contributed by atoms with Crippen molar-refractivity contribution in [2.75, 3.05) is 6.54 Å². The summed E-state index contributed by atoms with van der Waals surface area (Å²) in [5.74, 6) is -0.326. The number of nitrogens with one attached hydrogen (secondary N) is 1. The monoisotopic (exact) mass is 289 g/mol. The average Bonchev–Trinajstić information content (AvgIpc) is 2.45. The molecule has 21 heavy (non-hydrogen) atoms. The molecule has 0 aliphatic rings. The third-order valence-electron chi connectivity index (χ3n) is 3.06. The molecule has 1 atom stereocenters. The molecule has 6 heteroatoms. The van der Waals surface area contributed by atoms with Gasteiger partial charge in [0.05, 0.1) is 17.4 Å². The molecule has 0 spiro atoms. The van der Waals surface area contributed by atoms with Gasteiger partial charge < -0.3 is 10.4 Å². The lowest BCUT2D eigenvalue weighted by Crippen LogP contribution is -2.29. The third kappa shape index (κ3) is 3.61. The minimum Gasteiger partial charge on any atom is -0.386 e. The molecule has 5 nitrogen and oxygen atoms in total.